The van der Waals surface area contributed by atoms with Crippen LogP contribution in [0.3, 0.4) is 0 Å². The Bertz CT molecular complexity index is 1150. The van der Waals surface area contributed by atoms with Gasteiger partial charge in [0, 0.05) is 0 Å². The first-order valence-electron chi connectivity index (χ1n) is 13.5. The number of phosphoric ester groups is 1. The number of amidine groups is 1. The van der Waals surface area contributed by atoms with Crippen molar-refractivity contribution in [1.29, 1.82) is 0 Å². The molecule has 0 aliphatic carbocycles. The highest BCUT2D eigenvalue weighted by Crippen LogP contribution is 2.53. The van der Waals surface area contributed by atoms with Crippen molar-refractivity contribution in [3.8, 4) is 0 Å². The number of fused-ring (bicyclic) bond motifs is 1. The van der Waals surface area contributed by atoms with Crippen LogP contribution in [0.1, 0.15) is 48.5 Å². The summed E-state index contributed by atoms with van der Waals surface area (Å²) in [5.74, 6) is -2.85. The predicted molar refractivity (Wildman–Crippen MR) is 145 cm³/mol. The van der Waals surface area contributed by atoms with E-state index < -0.39 is 88.6 Å². The first-order valence-corrected chi connectivity index (χ1v) is 15.0. The molecule has 0 amide bonds. The van der Waals surface area contributed by atoms with Crippen LogP contribution in [0.4, 0.5) is 18.4 Å². The zero-order valence-corrected chi connectivity index (χ0v) is 26.1. The standard InChI is InChI=1S/C24H37F2N4O13P/c1-8-35-18-16-17(28-15(6)29-18)30(10-27-16)20-23(7,25)19(31)24(26,43-20)9-38-44(34,39-11-36-21(32)41-13(2)3)40-12-37-22(33)42-14(4)5/h10,13-14,16-17,19-20,31H,8-9,11-12H2,1-7H3/t16?,17?,19-,20+,23+,24+/m0/s1. The fraction of sp³-hybridized carbons (Fsp3) is 0.792. The number of hydrogen-bond acceptors (Lipinski definition) is 17. The molecule has 0 aromatic carbocycles. The van der Waals surface area contributed by atoms with Gasteiger partial charge in [0.1, 0.15) is 12.4 Å². The zero-order chi connectivity index (χ0) is 32.9. The number of aliphatic hydroxyl groups is 1. The maximum absolute atomic E-state index is 16.1. The second-order valence-corrected chi connectivity index (χ2v) is 11.9. The van der Waals surface area contributed by atoms with Crippen molar-refractivity contribution in [2.75, 3.05) is 26.8 Å². The van der Waals surface area contributed by atoms with Crippen molar-refractivity contribution >= 4 is 38.2 Å². The maximum Gasteiger partial charge on any atom is 0.510 e. The topological polar surface area (TPSA) is 195 Å². The molecule has 1 saturated heterocycles. The zero-order valence-electron chi connectivity index (χ0n) is 25.2. The van der Waals surface area contributed by atoms with Crippen LogP contribution in [0, 0.1) is 0 Å². The molecule has 3 aliphatic heterocycles. The quantitative estimate of drug-likeness (QED) is 0.172. The molecule has 0 saturated carbocycles. The Kier molecular flexibility index (Phi) is 11.6. The van der Waals surface area contributed by atoms with Gasteiger partial charge in [0.15, 0.2) is 30.2 Å². The lowest BCUT2D eigenvalue weighted by Gasteiger charge is -2.35. The number of nitrogens with zero attached hydrogens (tertiary/aromatic N) is 4. The Balaban J connectivity index is 1.73. The van der Waals surface area contributed by atoms with Crippen LogP contribution in [0.15, 0.2) is 15.0 Å². The van der Waals surface area contributed by atoms with Crippen molar-refractivity contribution in [3.05, 3.63) is 0 Å². The Labute approximate surface area is 252 Å². The average molecular weight is 659 g/mol. The number of carbonyl (C=O) groups excluding carboxylic acids is 2. The molecule has 0 aromatic heterocycles. The van der Waals surface area contributed by atoms with Gasteiger partial charge in [-0.15, -0.1) is 0 Å². The molecule has 44 heavy (non-hydrogen) atoms. The van der Waals surface area contributed by atoms with Gasteiger partial charge in [0.25, 0.3) is 5.85 Å². The molecule has 1 N–H and O–H groups in total. The molecular formula is C24H37F2N4O13P. The Morgan fingerprint density at radius 3 is 2.18 bits per heavy atom. The second kappa shape index (κ2) is 14.4. The summed E-state index contributed by atoms with van der Waals surface area (Å²) in [5.41, 5.74) is -2.80. The summed E-state index contributed by atoms with van der Waals surface area (Å²) in [6, 6.07) is -0.784. The van der Waals surface area contributed by atoms with Gasteiger partial charge in [-0.1, -0.05) is 0 Å². The number of ether oxygens (including phenoxy) is 6. The molecule has 6 atom stereocenters. The van der Waals surface area contributed by atoms with Gasteiger partial charge >= 0.3 is 20.1 Å². The first kappa shape index (κ1) is 35.5. The first-order chi connectivity index (χ1) is 20.5. The lowest BCUT2D eigenvalue weighted by atomic mass is 9.96. The SMILES string of the molecule is CCOC1=NC(C)=NC2C1N=CN2[C@@H]1O[C@](F)(COP(=O)(OCOC(=O)OC(C)C)OCOC(=O)OC(C)C)[C@@H](O)[C@@]1(C)F. The fourth-order valence-corrected chi connectivity index (χ4v) is 5.01. The molecule has 0 radical (unpaired) electrons. The number of hydrogen-bond donors (Lipinski definition) is 1. The van der Waals surface area contributed by atoms with Gasteiger partial charge in [-0.05, 0) is 48.5 Å². The number of halogens is 2. The lowest BCUT2D eigenvalue weighted by molar-refractivity contribution is -0.210. The number of phosphoric acid groups is 1. The number of aliphatic hydroxyl groups excluding tert-OH is 1. The van der Waals surface area contributed by atoms with Gasteiger partial charge in [-0.2, -0.15) is 0 Å². The Morgan fingerprint density at radius 1 is 1.09 bits per heavy atom. The lowest BCUT2D eigenvalue weighted by Crippen LogP contribution is -2.54. The van der Waals surface area contributed by atoms with E-state index in [2.05, 4.69) is 24.5 Å². The summed E-state index contributed by atoms with van der Waals surface area (Å²) in [6.07, 6.45) is -7.63. The van der Waals surface area contributed by atoms with Crippen LogP contribution in [0.25, 0.3) is 0 Å². The second-order valence-electron chi connectivity index (χ2n) is 10.3. The van der Waals surface area contributed by atoms with Gasteiger partial charge in [-0.25, -0.2) is 42.0 Å². The van der Waals surface area contributed by atoms with Crippen molar-refractivity contribution in [1.82, 2.24) is 4.90 Å². The highest BCUT2D eigenvalue weighted by molar-refractivity contribution is 7.48. The third-order valence-electron chi connectivity index (χ3n) is 5.95. The molecule has 1 fully saturated rings. The fourth-order valence-electron chi connectivity index (χ4n) is 4.09. The number of rotatable bonds is 13. The Morgan fingerprint density at radius 2 is 1.66 bits per heavy atom. The summed E-state index contributed by atoms with van der Waals surface area (Å²) >= 11 is 0. The predicted octanol–water partition coefficient (Wildman–Crippen LogP) is 3.20. The average Bonchev–Trinajstić information content (AvgIpc) is 3.39. The van der Waals surface area contributed by atoms with E-state index in [-0.39, 0.29) is 18.3 Å². The third kappa shape index (κ3) is 8.60. The molecule has 3 aliphatic rings. The van der Waals surface area contributed by atoms with Crippen LogP contribution in [-0.2, 0) is 46.6 Å². The van der Waals surface area contributed by atoms with Gasteiger partial charge < -0.3 is 38.4 Å². The maximum atomic E-state index is 16.1. The van der Waals surface area contributed by atoms with E-state index in [0.717, 1.165) is 11.8 Å². The molecule has 250 valence electrons. The van der Waals surface area contributed by atoms with E-state index in [1.54, 1.807) is 13.8 Å². The summed E-state index contributed by atoms with van der Waals surface area (Å²) < 4.78 is 89.6. The number of aliphatic imine (C=N–C) groups is 3. The summed E-state index contributed by atoms with van der Waals surface area (Å²) in [7, 11) is -4.97. The van der Waals surface area contributed by atoms with Crippen molar-refractivity contribution in [2.45, 2.75) is 96.7 Å². The van der Waals surface area contributed by atoms with Gasteiger partial charge in [-0.3, -0.25) is 9.52 Å². The van der Waals surface area contributed by atoms with E-state index in [4.69, 9.17) is 32.5 Å². The van der Waals surface area contributed by atoms with E-state index in [9.17, 15) is 19.3 Å². The normalized spacial score (nSPS) is 29.8. The molecule has 17 nitrogen and oxygen atoms in total. The molecule has 20 heteroatoms. The molecule has 3 heterocycles. The molecule has 3 rings (SSSR count). The van der Waals surface area contributed by atoms with E-state index in [1.807, 2.05) is 0 Å². The van der Waals surface area contributed by atoms with E-state index >= 15 is 8.78 Å². The van der Waals surface area contributed by atoms with Crippen molar-refractivity contribution < 1.29 is 70.0 Å². The van der Waals surface area contributed by atoms with E-state index in [1.165, 1.54) is 34.0 Å². The van der Waals surface area contributed by atoms with Crippen molar-refractivity contribution in [2.24, 2.45) is 15.0 Å². The van der Waals surface area contributed by atoms with Crippen LogP contribution in [0.2, 0.25) is 0 Å². The largest absolute Gasteiger partial charge is 0.510 e. The summed E-state index contributed by atoms with van der Waals surface area (Å²) in [6.45, 7) is 7.02. The molecular weight excluding hydrogens is 621 g/mol. The van der Waals surface area contributed by atoms with Crippen LogP contribution in [0.5, 0.6) is 0 Å². The summed E-state index contributed by atoms with van der Waals surface area (Å²) in [4.78, 5) is 37.2. The van der Waals surface area contributed by atoms with Crippen molar-refractivity contribution in [3.63, 3.8) is 0 Å². The van der Waals surface area contributed by atoms with Gasteiger partial charge in [0.2, 0.25) is 19.5 Å². The highest BCUT2D eigenvalue weighted by atomic mass is 31.2. The minimum absolute atomic E-state index is 0.215. The van der Waals surface area contributed by atoms with Gasteiger partial charge in [0.05, 0.1) is 25.2 Å². The highest BCUT2D eigenvalue weighted by Gasteiger charge is 2.67. The van der Waals surface area contributed by atoms with Crippen LogP contribution in [-0.4, -0.2) is 115 Å². The van der Waals surface area contributed by atoms with E-state index in [0.29, 0.717) is 0 Å². The Hall–Kier alpha value is -2.96. The molecule has 2 unspecified atom stereocenters. The number of carbonyl (C=O) groups is 2. The monoisotopic (exact) mass is 658 g/mol. The minimum atomic E-state index is -4.97. The molecule has 0 spiro atoms. The molecule has 0 aromatic rings. The number of alkyl halides is 2. The smallest absolute Gasteiger partial charge is 0.479 e. The summed E-state index contributed by atoms with van der Waals surface area (Å²) in [5, 5.41) is 10.7. The minimum Gasteiger partial charge on any atom is -0.479 e. The van der Waals surface area contributed by atoms with Crippen LogP contribution >= 0.6 is 7.82 Å². The third-order valence-corrected chi connectivity index (χ3v) is 7.24. The van der Waals surface area contributed by atoms with Crippen LogP contribution < -0.4 is 0 Å². The molecule has 0 bridgehead atoms.